The summed E-state index contributed by atoms with van der Waals surface area (Å²) in [4.78, 5) is 26.7. The fourth-order valence-electron chi connectivity index (χ4n) is 5.40. The van der Waals surface area contributed by atoms with Crippen LogP contribution in [0.2, 0.25) is 0 Å². The van der Waals surface area contributed by atoms with Crippen LogP contribution in [0.25, 0.3) is 10.9 Å². The molecule has 1 aliphatic heterocycles. The molecule has 1 aromatic heterocycles. The molecule has 3 unspecified atom stereocenters. The van der Waals surface area contributed by atoms with Crippen molar-refractivity contribution in [1.82, 2.24) is 9.47 Å². The molecule has 0 saturated carbocycles. The average molecular weight is 516 g/mol. The third kappa shape index (κ3) is 5.45. The number of nitro groups is 1. The van der Waals surface area contributed by atoms with Crippen LogP contribution in [-0.4, -0.2) is 45.6 Å². The van der Waals surface area contributed by atoms with E-state index in [1.54, 1.807) is 24.3 Å². The predicted octanol–water partition coefficient (Wildman–Crippen LogP) is 5.89. The van der Waals surface area contributed by atoms with Gasteiger partial charge in [0.15, 0.2) is 0 Å². The lowest BCUT2D eigenvalue weighted by Crippen LogP contribution is -2.48. The van der Waals surface area contributed by atoms with Crippen molar-refractivity contribution in [3.05, 3.63) is 112 Å². The highest BCUT2D eigenvalue weighted by molar-refractivity contribution is 5.88. The molecule has 1 aliphatic rings. The maximum atomic E-state index is 13.9. The van der Waals surface area contributed by atoms with Crippen molar-refractivity contribution in [2.45, 2.75) is 44.9 Å². The van der Waals surface area contributed by atoms with Crippen LogP contribution in [0.3, 0.4) is 0 Å². The van der Waals surface area contributed by atoms with E-state index in [0.717, 1.165) is 22.2 Å². The van der Waals surface area contributed by atoms with Gasteiger partial charge in [-0.15, -0.1) is 0 Å². The quantitative estimate of drug-likeness (QED) is 0.227. The van der Waals surface area contributed by atoms with E-state index in [9.17, 15) is 19.3 Å². The highest BCUT2D eigenvalue weighted by Gasteiger charge is 2.30. The first-order valence-corrected chi connectivity index (χ1v) is 12.8. The SMILES string of the molecule is CC1CN(C(=O)CC(c2ccc(F)cc2)c2cn(Cc3ccccc3)c3ccc([N+](=O)[O-])cc23)CC(C)O1. The smallest absolute Gasteiger partial charge is 0.270 e. The molecule has 0 bridgehead atoms. The molecule has 0 aliphatic carbocycles. The minimum absolute atomic E-state index is 0.0174. The number of carbonyl (C=O) groups is 1. The number of nitro benzene ring substituents is 1. The Morgan fingerprint density at radius 3 is 2.39 bits per heavy atom. The fraction of sp³-hybridized carbons (Fsp3) is 0.300. The number of nitrogens with zero attached hydrogens (tertiary/aromatic N) is 3. The number of halogens is 1. The van der Waals surface area contributed by atoms with Gasteiger partial charge < -0.3 is 14.2 Å². The van der Waals surface area contributed by atoms with Gasteiger partial charge in [-0.1, -0.05) is 42.5 Å². The summed E-state index contributed by atoms with van der Waals surface area (Å²) in [5, 5.41) is 12.4. The Balaban J connectivity index is 1.61. The van der Waals surface area contributed by atoms with Gasteiger partial charge in [0.05, 0.1) is 17.1 Å². The van der Waals surface area contributed by atoms with Crippen LogP contribution in [0.15, 0.2) is 79.0 Å². The summed E-state index contributed by atoms with van der Waals surface area (Å²) in [6.45, 7) is 5.46. The molecular formula is C30H30FN3O4. The number of hydrogen-bond donors (Lipinski definition) is 0. The van der Waals surface area contributed by atoms with E-state index in [4.69, 9.17) is 4.74 Å². The van der Waals surface area contributed by atoms with Gasteiger partial charge in [-0.3, -0.25) is 14.9 Å². The summed E-state index contributed by atoms with van der Waals surface area (Å²) in [5.41, 5.74) is 3.48. The van der Waals surface area contributed by atoms with Gasteiger partial charge in [-0.25, -0.2) is 4.39 Å². The second-order valence-electron chi connectivity index (χ2n) is 10.0. The average Bonchev–Trinajstić information content (AvgIpc) is 3.25. The first-order valence-electron chi connectivity index (χ1n) is 12.8. The molecule has 2 heterocycles. The lowest BCUT2D eigenvalue weighted by Gasteiger charge is -2.36. The Kier molecular flexibility index (Phi) is 7.24. The summed E-state index contributed by atoms with van der Waals surface area (Å²) in [5.74, 6) is -0.814. The van der Waals surface area contributed by atoms with E-state index in [1.165, 1.54) is 18.2 Å². The molecule has 196 valence electrons. The van der Waals surface area contributed by atoms with Gasteiger partial charge >= 0.3 is 0 Å². The molecular weight excluding hydrogens is 485 g/mol. The molecule has 4 aromatic rings. The van der Waals surface area contributed by atoms with Crippen molar-refractivity contribution in [2.75, 3.05) is 13.1 Å². The molecule has 5 rings (SSSR count). The largest absolute Gasteiger partial charge is 0.372 e. The highest BCUT2D eigenvalue weighted by Crippen LogP contribution is 2.37. The van der Waals surface area contributed by atoms with E-state index >= 15 is 0 Å². The molecule has 1 saturated heterocycles. The van der Waals surface area contributed by atoms with Crippen LogP contribution in [-0.2, 0) is 16.1 Å². The summed E-state index contributed by atoms with van der Waals surface area (Å²) in [7, 11) is 0. The van der Waals surface area contributed by atoms with Gasteiger partial charge in [0.2, 0.25) is 5.91 Å². The molecule has 38 heavy (non-hydrogen) atoms. The molecule has 1 amide bonds. The van der Waals surface area contributed by atoms with E-state index in [2.05, 4.69) is 4.57 Å². The minimum Gasteiger partial charge on any atom is -0.372 e. The van der Waals surface area contributed by atoms with Crippen LogP contribution < -0.4 is 0 Å². The van der Waals surface area contributed by atoms with Gasteiger partial charge in [0, 0.05) is 61.2 Å². The summed E-state index contributed by atoms with van der Waals surface area (Å²) < 4.78 is 21.7. The predicted molar refractivity (Wildman–Crippen MR) is 144 cm³/mol. The van der Waals surface area contributed by atoms with E-state index < -0.39 is 10.8 Å². The van der Waals surface area contributed by atoms with E-state index in [1.807, 2.05) is 55.3 Å². The Morgan fingerprint density at radius 1 is 1.05 bits per heavy atom. The molecule has 3 aromatic carbocycles. The third-order valence-corrected chi connectivity index (χ3v) is 7.10. The maximum Gasteiger partial charge on any atom is 0.270 e. The second-order valence-corrected chi connectivity index (χ2v) is 10.0. The number of fused-ring (bicyclic) bond motifs is 1. The first-order chi connectivity index (χ1) is 18.3. The standard InChI is InChI=1S/C30H30FN3O4/c1-20-16-33(17-21(2)38-20)30(35)15-26(23-8-10-24(31)11-9-23)28-19-32(18-22-6-4-3-5-7-22)29-13-12-25(34(36)37)14-27(28)29/h3-14,19-21,26H,15-18H2,1-2H3. The van der Waals surface area contributed by atoms with Crippen LogP contribution in [0, 0.1) is 15.9 Å². The van der Waals surface area contributed by atoms with E-state index in [-0.39, 0.29) is 36.0 Å². The molecule has 7 nitrogen and oxygen atoms in total. The zero-order valence-corrected chi connectivity index (χ0v) is 21.4. The molecule has 3 atom stereocenters. The number of hydrogen-bond acceptors (Lipinski definition) is 4. The normalized spacial score (nSPS) is 18.4. The highest BCUT2D eigenvalue weighted by atomic mass is 19.1. The van der Waals surface area contributed by atoms with Crippen LogP contribution in [0.5, 0.6) is 0 Å². The Bertz CT molecular complexity index is 1440. The van der Waals surface area contributed by atoms with Gasteiger partial charge in [0.25, 0.3) is 5.69 Å². The summed E-state index contributed by atoms with van der Waals surface area (Å²) in [6, 6.07) is 20.9. The number of aromatic nitrogens is 1. The van der Waals surface area contributed by atoms with Crippen LogP contribution in [0.1, 0.15) is 42.9 Å². The Morgan fingerprint density at radius 2 is 1.74 bits per heavy atom. The number of benzene rings is 3. The Hall–Kier alpha value is -4.04. The minimum atomic E-state index is -0.418. The van der Waals surface area contributed by atoms with Crippen LogP contribution in [0.4, 0.5) is 10.1 Å². The topological polar surface area (TPSA) is 77.6 Å². The van der Waals surface area contributed by atoms with Gasteiger partial charge in [0.1, 0.15) is 5.82 Å². The van der Waals surface area contributed by atoms with Gasteiger partial charge in [-0.2, -0.15) is 0 Å². The van der Waals surface area contributed by atoms with Crippen molar-refractivity contribution in [3.8, 4) is 0 Å². The number of ether oxygens (including phenoxy) is 1. The molecule has 0 radical (unpaired) electrons. The van der Waals surface area contributed by atoms with Gasteiger partial charge in [-0.05, 0) is 48.7 Å². The van der Waals surface area contributed by atoms with Crippen LogP contribution >= 0.6 is 0 Å². The lowest BCUT2D eigenvalue weighted by atomic mass is 9.87. The monoisotopic (exact) mass is 515 g/mol. The molecule has 1 fully saturated rings. The lowest BCUT2D eigenvalue weighted by molar-refractivity contribution is -0.384. The first kappa shape index (κ1) is 25.6. The third-order valence-electron chi connectivity index (χ3n) is 7.10. The van der Waals surface area contributed by atoms with Crippen molar-refractivity contribution >= 4 is 22.5 Å². The molecule has 0 spiro atoms. The molecule has 0 N–H and O–H groups in total. The second kappa shape index (κ2) is 10.8. The van der Waals surface area contributed by atoms with Crippen molar-refractivity contribution < 1.29 is 18.8 Å². The van der Waals surface area contributed by atoms with Crippen molar-refractivity contribution in [3.63, 3.8) is 0 Å². The zero-order valence-electron chi connectivity index (χ0n) is 21.4. The number of carbonyl (C=O) groups excluding carboxylic acids is 1. The zero-order chi connectivity index (χ0) is 26.8. The summed E-state index contributed by atoms with van der Waals surface area (Å²) >= 11 is 0. The number of morpholine rings is 1. The molecule has 8 heteroatoms. The summed E-state index contributed by atoms with van der Waals surface area (Å²) in [6.07, 6.45) is 2.00. The van der Waals surface area contributed by atoms with Crippen molar-refractivity contribution in [2.24, 2.45) is 0 Å². The maximum absolute atomic E-state index is 13.9. The number of amides is 1. The number of rotatable bonds is 7. The van der Waals surface area contributed by atoms with E-state index in [0.29, 0.717) is 25.0 Å². The fourth-order valence-corrected chi connectivity index (χ4v) is 5.40. The Labute approximate surface area is 220 Å². The number of non-ortho nitro benzene ring substituents is 1. The van der Waals surface area contributed by atoms with Crippen molar-refractivity contribution in [1.29, 1.82) is 0 Å².